The van der Waals surface area contributed by atoms with Crippen LogP contribution in [0.25, 0.3) is 0 Å². The number of pyridine rings is 1. The topological polar surface area (TPSA) is 34.1 Å². The lowest BCUT2D eigenvalue weighted by Gasteiger charge is -2.06. The lowest BCUT2D eigenvalue weighted by atomic mass is 10.3. The van der Waals surface area contributed by atoms with Gasteiger partial charge in [-0.3, -0.25) is 0 Å². The monoisotopic (exact) mass is 180 g/mol. The van der Waals surface area contributed by atoms with Crippen LogP contribution in [0.5, 0.6) is 5.88 Å². The Bertz CT molecular complexity index is 250. The van der Waals surface area contributed by atoms with Crippen LogP contribution in [0, 0.1) is 6.92 Å². The third-order valence-electron chi connectivity index (χ3n) is 1.73. The van der Waals surface area contributed by atoms with Gasteiger partial charge in [-0.2, -0.15) is 0 Å². The summed E-state index contributed by atoms with van der Waals surface area (Å²) in [5, 5.41) is 3.19. The Morgan fingerprint density at radius 2 is 2.38 bits per heavy atom. The second-order valence-corrected chi connectivity index (χ2v) is 2.83. The first-order chi connectivity index (χ1) is 6.34. The molecule has 0 radical (unpaired) electrons. The summed E-state index contributed by atoms with van der Waals surface area (Å²) >= 11 is 0. The highest BCUT2D eigenvalue weighted by Gasteiger charge is 1.97. The Morgan fingerprint density at radius 3 is 3.08 bits per heavy atom. The van der Waals surface area contributed by atoms with Crippen molar-refractivity contribution in [1.29, 1.82) is 0 Å². The van der Waals surface area contributed by atoms with Gasteiger partial charge in [0.1, 0.15) is 6.61 Å². The van der Waals surface area contributed by atoms with Crippen molar-refractivity contribution >= 4 is 0 Å². The lowest BCUT2D eigenvalue weighted by molar-refractivity contribution is 0.301. The first-order valence-electron chi connectivity index (χ1n) is 4.59. The largest absolute Gasteiger partial charge is 0.476 e. The Morgan fingerprint density at radius 1 is 1.54 bits per heavy atom. The molecule has 72 valence electrons. The van der Waals surface area contributed by atoms with E-state index >= 15 is 0 Å². The van der Waals surface area contributed by atoms with Gasteiger partial charge in [0, 0.05) is 18.3 Å². The molecule has 3 nitrogen and oxygen atoms in total. The molecule has 0 saturated carbocycles. The number of nitrogens with zero attached hydrogens (tertiary/aromatic N) is 1. The highest BCUT2D eigenvalue weighted by molar-refractivity contribution is 5.23. The van der Waals surface area contributed by atoms with Crippen LogP contribution in [0.2, 0.25) is 0 Å². The molecule has 0 amide bonds. The third kappa shape index (κ3) is 3.42. The zero-order valence-electron chi connectivity index (χ0n) is 8.21. The van der Waals surface area contributed by atoms with E-state index in [2.05, 4.69) is 17.2 Å². The maximum absolute atomic E-state index is 5.47. The van der Waals surface area contributed by atoms with Gasteiger partial charge in [-0.05, 0) is 19.5 Å². The van der Waals surface area contributed by atoms with E-state index in [1.165, 1.54) is 0 Å². The summed E-state index contributed by atoms with van der Waals surface area (Å²) in [5.74, 6) is 0.736. The van der Waals surface area contributed by atoms with E-state index in [9.17, 15) is 0 Å². The quantitative estimate of drug-likeness (QED) is 0.695. The van der Waals surface area contributed by atoms with Crippen molar-refractivity contribution in [2.24, 2.45) is 0 Å². The average molecular weight is 180 g/mol. The van der Waals surface area contributed by atoms with E-state index in [0.717, 1.165) is 24.5 Å². The van der Waals surface area contributed by atoms with Crippen LogP contribution in [0.15, 0.2) is 18.3 Å². The summed E-state index contributed by atoms with van der Waals surface area (Å²) in [7, 11) is 0. The summed E-state index contributed by atoms with van der Waals surface area (Å²) in [6.07, 6.45) is 1.75. The molecule has 0 aliphatic heterocycles. The minimum Gasteiger partial charge on any atom is -0.476 e. The van der Waals surface area contributed by atoms with Crippen molar-refractivity contribution in [3.8, 4) is 5.88 Å². The van der Waals surface area contributed by atoms with Gasteiger partial charge in [0.2, 0.25) is 5.88 Å². The van der Waals surface area contributed by atoms with Gasteiger partial charge >= 0.3 is 0 Å². The van der Waals surface area contributed by atoms with Crippen LogP contribution >= 0.6 is 0 Å². The van der Waals surface area contributed by atoms with Crippen LogP contribution in [-0.2, 0) is 0 Å². The minimum atomic E-state index is 0.672. The molecule has 1 aromatic rings. The van der Waals surface area contributed by atoms with Crippen LogP contribution in [0.1, 0.15) is 12.5 Å². The molecule has 1 rings (SSSR count). The molecule has 0 bridgehead atoms. The van der Waals surface area contributed by atoms with Gasteiger partial charge in [-0.15, -0.1) is 0 Å². The Labute approximate surface area is 79.1 Å². The Kier molecular flexibility index (Phi) is 4.26. The molecule has 0 fully saturated rings. The van der Waals surface area contributed by atoms with E-state index < -0.39 is 0 Å². The van der Waals surface area contributed by atoms with Gasteiger partial charge in [0.15, 0.2) is 0 Å². The van der Waals surface area contributed by atoms with E-state index in [1.807, 2.05) is 19.1 Å². The smallest absolute Gasteiger partial charge is 0.216 e. The molecule has 13 heavy (non-hydrogen) atoms. The van der Waals surface area contributed by atoms with Crippen LogP contribution in [0.4, 0.5) is 0 Å². The molecule has 1 N–H and O–H groups in total. The van der Waals surface area contributed by atoms with Gasteiger partial charge in [0.05, 0.1) is 0 Å². The number of hydrogen-bond acceptors (Lipinski definition) is 3. The number of aromatic nitrogens is 1. The summed E-state index contributed by atoms with van der Waals surface area (Å²) in [5.41, 5.74) is 1.08. The van der Waals surface area contributed by atoms with Crippen molar-refractivity contribution in [3.05, 3.63) is 23.9 Å². The van der Waals surface area contributed by atoms with Crippen LogP contribution in [-0.4, -0.2) is 24.7 Å². The molecular weight excluding hydrogens is 164 g/mol. The fraction of sp³-hybridized carbons (Fsp3) is 0.500. The lowest BCUT2D eigenvalue weighted by Crippen LogP contribution is -2.20. The van der Waals surface area contributed by atoms with Crippen LogP contribution < -0.4 is 10.1 Å². The second-order valence-electron chi connectivity index (χ2n) is 2.83. The Balaban J connectivity index is 2.32. The zero-order valence-corrected chi connectivity index (χ0v) is 8.21. The third-order valence-corrected chi connectivity index (χ3v) is 1.73. The predicted octanol–water partition coefficient (Wildman–Crippen LogP) is 1.38. The van der Waals surface area contributed by atoms with Gasteiger partial charge in [-0.1, -0.05) is 13.0 Å². The predicted molar refractivity (Wildman–Crippen MR) is 53.0 cm³/mol. The number of likely N-dealkylation sites (N-methyl/N-ethyl adjacent to an activating group) is 1. The zero-order chi connectivity index (χ0) is 9.52. The maximum Gasteiger partial charge on any atom is 0.216 e. The Hall–Kier alpha value is -1.09. The van der Waals surface area contributed by atoms with Crippen molar-refractivity contribution in [2.75, 3.05) is 19.7 Å². The molecule has 0 aromatic carbocycles. The standard InChI is InChI=1S/C10H16N2O/c1-3-11-7-8-13-10-9(2)5-4-6-12-10/h4-6,11H,3,7-8H2,1-2H3. The van der Waals surface area contributed by atoms with Gasteiger partial charge in [-0.25, -0.2) is 4.98 Å². The molecule has 1 heterocycles. The maximum atomic E-state index is 5.47. The van der Waals surface area contributed by atoms with E-state index in [1.54, 1.807) is 6.20 Å². The number of aryl methyl sites for hydroxylation is 1. The van der Waals surface area contributed by atoms with E-state index in [4.69, 9.17) is 4.74 Å². The van der Waals surface area contributed by atoms with Gasteiger partial charge < -0.3 is 10.1 Å². The molecule has 1 aromatic heterocycles. The molecule has 0 aliphatic carbocycles. The highest BCUT2D eigenvalue weighted by Crippen LogP contribution is 2.11. The number of rotatable bonds is 5. The fourth-order valence-electron chi connectivity index (χ4n) is 1.02. The second kappa shape index (κ2) is 5.54. The average Bonchev–Trinajstić information content (AvgIpc) is 2.15. The molecular formula is C10H16N2O. The normalized spacial score (nSPS) is 10.0. The molecule has 0 spiro atoms. The summed E-state index contributed by atoms with van der Waals surface area (Å²) in [4.78, 5) is 4.13. The van der Waals surface area contributed by atoms with E-state index in [0.29, 0.717) is 6.61 Å². The molecule has 0 saturated heterocycles. The van der Waals surface area contributed by atoms with Crippen molar-refractivity contribution in [2.45, 2.75) is 13.8 Å². The SMILES string of the molecule is CCNCCOc1ncccc1C. The molecule has 0 atom stereocenters. The number of ether oxygens (including phenoxy) is 1. The number of nitrogens with one attached hydrogen (secondary N) is 1. The summed E-state index contributed by atoms with van der Waals surface area (Å²) in [6.45, 7) is 6.59. The first kappa shape index (κ1) is 9.99. The summed E-state index contributed by atoms with van der Waals surface area (Å²) in [6, 6.07) is 3.90. The number of hydrogen-bond donors (Lipinski definition) is 1. The fourth-order valence-corrected chi connectivity index (χ4v) is 1.02. The summed E-state index contributed by atoms with van der Waals surface area (Å²) < 4.78 is 5.47. The molecule has 0 unspecified atom stereocenters. The van der Waals surface area contributed by atoms with Crippen LogP contribution in [0.3, 0.4) is 0 Å². The molecule has 3 heteroatoms. The van der Waals surface area contributed by atoms with E-state index in [-0.39, 0.29) is 0 Å². The molecule has 0 aliphatic rings. The van der Waals surface area contributed by atoms with Gasteiger partial charge in [0.25, 0.3) is 0 Å². The van der Waals surface area contributed by atoms with Crippen molar-refractivity contribution < 1.29 is 4.74 Å². The van der Waals surface area contributed by atoms with Crippen molar-refractivity contribution in [1.82, 2.24) is 10.3 Å². The minimum absolute atomic E-state index is 0.672. The highest BCUT2D eigenvalue weighted by atomic mass is 16.5. The van der Waals surface area contributed by atoms with Crippen molar-refractivity contribution in [3.63, 3.8) is 0 Å². The first-order valence-corrected chi connectivity index (χ1v) is 4.59.